The highest BCUT2D eigenvalue weighted by molar-refractivity contribution is 5.93. The predicted octanol–water partition coefficient (Wildman–Crippen LogP) is 3.02. The first-order chi connectivity index (χ1) is 9.06. The van der Waals surface area contributed by atoms with Crippen LogP contribution in [0.3, 0.4) is 0 Å². The van der Waals surface area contributed by atoms with Gasteiger partial charge < -0.3 is 10.4 Å². The minimum absolute atomic E-state index is 0.139. The van der Waals surface area contributed by atoms with Crippen molar-refractivity contribution in [3.8, 4) is 5.75 Å². The Morgan fingerprint density at radius 1 is 1.21 bits per heavy atom. The molecular weight excluding hydrogens is 245 g/mol. The third kappa shape index (κ3) is 3.31. The lowest BCUT2D eigenvalue weighted by molar-refractivity contribution is -0.115. The van der Waals surface area contributed by atoms with Crippen molar-refractivity contribution in [3.63, 3.8) is 0 Å². The van der Waals surface area contributed by atoms with Gasteiger partial charge in [-0.2, -0.15) is 0 Å². The highest BCUT2D eigenvalue weighted by atomic mass is 19.1. The van der Waals surface area contributed by atoms with Crippen molar-refractivity contribution in [2.45, 2.75) is 13.3 Å². The molecule has 0 bridgehead atoms. The molecule has 0 radical (unpaired) electrons. The molecule has 0 aliphatic rings. The Kier molecular flexibility index (Phi) is 3.80. The van der Waals surface area contributed by atoms with E-state index < -0.39 is 0 Å². The Labute approximate surface area is 110 Å². The summed E-state index contributed by atoms with van der Waals surface area (Å²) < 4.78 is 12.7. The summed E-state index contributed by atoms with van der Waals surface area (Å²) in [5.41, 5.74) is 1.93. The van der Waals surface area contributed by atoms with Crippen molar-refractivity contribution in [1.82, 2.24) is 0 Å². The summed E-state index contributed by atoms with van der Waals surface area (Å²) in [6, 6.07) is 10.7. The van der Waals surface area contributed by atoms with Gasteiger partial charge in [0.25, 0.3) is 0 Å². The highest BCUT2D eigenvalue weighted by Crippen LogP contribution is 2.23. The van der Waals surface area contributed by atoms with Crippen molar-refractivity contribution in [1.29, 1.82) is 0 Å². The second-order valence-corrected chi connectivity index (χ2v) is 4.30. The molecule has 2 aromatic rings. The molecule has 2 aromatic carbocycles. The minimum atomic E-state index is -0.326. The van der Waals surface area contributed by atoms with E-state index in [0.717, 1.165) is 5.56 Å². The van der Waals surface area contributed by atoms with Crippen LogP contribution < -0.4 is 5.32 Å². The molecule has 0 spiro atoms. The maximum atomic E-state index is 12.7. The zero-order chi connectivity index (χ0) is 13.8. The number of rotatable bonds is 3. The highest BCUT2D eigenvalue weighted by Gasteiger charge is 2.08. The average molecular weight is 259 g/mol. The van der Waals surface area contributed by atoms with E-state index in [1.807, 2.05) is 0 Å². The van der Waals surface area contributed by atoms with Crippen LogP contribution in [0, 0.1) is 12.7 Å². The summed E-state index contributed by atoms with van der Waals surface area (Å²) in [6.07, 6.45) is 0.162. The van der Waals surface area contributed by atoms with E-state index in [4.69, 9.17) is 0 Å². The molecule has 4 heteroatoms. The van der Waals surface area contributed by atoms with Gasteiger partial charge >= 0.3 is 0 Å². The number of phenolic OH excluding ortho intramolecular Hbond substituents is 1. The maximum absolute atomic E-state index is 12.7. The molecule has 0 heterocycles. The molecule has 2 N–H and O–H groups in total. The van der Waals surface area contributed by atoms with Crippen LogP contribution in [-0.4, -0.2) is 11.0 Å². The van der Waals surface area contributed by atoms with Crippen LogP contribution in [0.25, 0.3) is 0 Å². The van der Waals surface area contributed by atoms with Crippen LogP contribution >= 0.6 is 0 Å². The number of amides is 1. The number of aromatic hydroxyl groups is 1. The second kappa shape index (κ2) is 5.52. The largest absolute Gasteiger partial charge is 0.508 e. The van der Waals surface area contributed by atoms with Crippen LogP contribution in [0.4, 0.5) is 10.1 Å². The van der Waals surface area contributed by atoms with E-state index in [1.165, 1.54) is 12.1 Å². The molecule has 98 valence electrons. The average Bonchev–Trinajstić information content (AvgIpc) is 2.38. The molecule has 0 saturated heterocycles. The van der Waals surface area contributed by atoms with Gasteiger partial charge in [-0.05, 0) is 36.8 Å². The summed E-state index contributed by atoms with van der Waals surface area (Å²) in [6.45, 7) is 1.73. The fraction of sp³-hybridized carbons (Fsp3) is 0.133. The monoisotopic (exact) mass is 259 g/mol. The third-order valence-electron chi connectivity index (χ3n) is 2.86. The smallest absolute Gasteiger partial charge is 0.228 e. The number of benzene rings is 2. The number of anilines is 1. The van der Waals surface area contributed by atoms with E-state index in [1.54, 1.807) is 37.3 Å². The summed E-state index contributed by atoms with van der Waals surface area (Å²) in [7, 11) is 0. The molecular formula is C15H14FNO2. The number of hydrogen-bond donors (Lipinski definition) is 2. The minimum Gasteiger partial charge on any atom is -0.508 e. The van der Waals surface area contributed by atoms with E-state index in [2.05, 4.69) is 5.32 Å². The SMILES string of the molecule is Cc1c(O)cccc1NC(=O)Cc1ccc(F)cc1. The van der Waals surface area contributed by atoms with Gasteiger partial charge in [0, 0.05) is 11.3 Å². The molecule has 0 aliphatic carbocycles. The molecule has 0 fully saturated rings. The first kappa shape index (κ1) is 13.1. The number of phenols is 1. The van der Waals surface area contributed by atoms with Crippen LogP contribution in [0.15, 0.2) is 42.5 Å². The number of halogens is 1. The van der Waals surface area contributed by atoms with E-state index >= 15 is 0 Å². The van der Waals surface area contributed by atoms with Gasteiger partial charge in [0.2, 0.25) is 5.91 Å². The van der Waals surface area contributed by atoms with E-state index in [-0.39, 0.29) is 23.9 Å². The van der Waals surface area contributed by atoms with Crippen molar-refractivity contribution in [2.75, 3.05) is 5.32 Å². The van der Waals surface area contributed by atoms with Crippen LogP contribution in [-0.2, 0) is 11.2 Å². The lowest BCUT2D eigenvalue weighted by Gasteiger charge is -2.09. The first-order valence-electron chi connectivity index (χ1n) is 5.89. The fourth-order valence-electron chi connectivity index (χ4n) is 1.74. The molecule has 0 atom stereocenters. The number of carbonyl (C=O) groups excluding carboxylic acids is 1. The number of nitrogens with one attached hydrogen (secondary N) is 1. The standard InChI is InChI=1S/C15H14FNO2/c1-10-13(3-2-4-14(10)18)17-15(19)9-11-5-7-12(16)8-6-11/h2-8,18H,9H2,1H3,(H,17,19). The van der Waals surface area contributed by atoms with Gasteiger partial charge in [-0.3, -0.25) is 4.79 Å². The van der Waals surface area contributed by atoms with Crippen LogP contribution in [0.2, 0.25) is 0 Å². The molecule has 2 rings (SSSR count). The zero-order valence-electron chi connectivity index (χ0n) is 10.5. The lowest BCUT2D eigenvalue weighted by Crippen LogP contribution is -2.15. The molecule has 0 saturated carbocycles. The van der Waals surface area contributed by atoms with Gasteiger partial charge in [-0.25, -0.2) is 4.39 Å². The van der Waals surface area contributed by atoms with Gasteiger partial charge in [0.1, 0.15) is 11.6 Å². The summed E-state index contributed by atoms with van der Waals surface area (Å²) in [5, 5.41) is 12.3. The summed E-state index contributed by atoms with van der Waals surface area (Å²) in [5.74, 6) is -0.395. The molecule has 0 unspecified atom stereocenters. The quantitative estimate of drug-likeness (QED) is 0.890. The Morgan fingerprint density at radius 2 is 1.89 bits per heavy atom. The molecule has 19 heavy (non-hydrogen) atoms. The predicted molar refractivity (Wildman–Crippen MR) is 71.6 cm³/mol. The zero-order valence-corrected chi connectivity index (χ0v) is 10.5. The van der Waals surface area contributed by atoms with E-state index in [9.17, 15) is 14.3 Å². The normalized spacial score (nSPS) is 10.2. The van der Waals surface area contributed by atoms with Crippen molar-refractivity contribution < 1.29 is 14.3 Å². The lowest BCUT2D eigenvalue weighted by atomic mass is 10.1. The van der Waals surface area contributed by atoms with Gasteiger partial charge in [0.05, 0.1) is 6.42 Å². The molecule has 1 amide bonds. The topological polar surface area (TPSA) is 49.3 Å². The van der Waals surface area contributed by atoms with Crippen molar-refractivity contribution in [3.05, 3.63) is 59.4 Å². The molecule has 0 aromatic heterocycles. The fourth-order valence-corrected chi connectivity index (χ4v) is 1.74. The van der Waals surface area contributed by atoms with Crippen molar-refractivity contribution in [2.24, 2.45) is 0 Å². The molecule has 0 aliphatic heterocycles. The van der Waals surface area contributed by atoms with Gasteiger partial charge in [-0.15, -0.1) is 0 Å². The van der Waals surface area contributed by atoms with Gasteiger partial charge in [-0.1, -0.05) is 18.2 Å². The summed E-state index contributed by atoms with van der Waals surface area (Å²) >= 11 is 0. The molecule has 3 nitrogen and oxygen atoms in total. The Morgan fingerprint density at radius 3 is 2.58 bits per heavy atom. The third-order valence-corrected chi connectivity index (χ3v) is 2.86. The van der Waals surface area contributed by atoms with E-state index in [0.29, 0.717) is 11.3 Å². The van der Waals surface area contributed by atoms with Crippen molar-refractivity contribution >= 4 is 11.6 Å². The van der Waals surface area contributed by atoms with Crippen LogP contribution in [0.5, 0.6) is 5.75 Å². The van der Waals surface area contributed by atoms with Crippen LogP contribution in [0.1, 0.15) is 11.1 Å². The Balaban J connectivity index is 2.05. The second-order valence-electron chi connectivity index (χ2n) is 4.30. The summed E-state index contributed by atoms with van der Waals surface area (Å²) in [4.78, 5) is 11.8. The Hall–Kier alpha value is -2.36. The number of carbonyl (C=O) groups is 1. The number of hydrogen-bond acceptors (Lipinski definition) is 2. The maximum Gasteiger partial charge on any atom is 0.228 e. The Bertz CT molecular complexity index is 594. The first-order valence-corrected chi connectivity index (χ1v) is 5.89. The van der Waals surface area contributed by atoms with Gasteiger partial charge in [0.15, 0.2) is 0 Å².